The molecule has 2 amide bonds. The Bertz CT molecular complexity index is 743. The molecule has 0 bridgehead atoms. The van der Waals surface area contributed by atoms with E-state index in [9.17, 15) is 9.59 Å². The van der Waals surface area contributed by atoms with Crippen molar-refractivity contribution in [2.75, 3.05) is 57.4 Å². The van der Waals surface area contributed by atoms with E-state index in [2.05, 4.69) is 9.97 Å². The Morgan fingerprint density at radius 2 is 1.66 bits per heavy atom. The Hall–Kier alpha value is -2.42. The number of carbonyl (C=O) groups excluding carboxylic acids is 2. The highest BCUT2D eigenvalue weighted by Crippen LogP contribution is 2.16. The number of nitrogens with zero attached hydrogens (tertiary/aromatic N) is 5. The summed E-state index contributed by atoms with van der Waals surface area (Å²) in [4.78, 5) is 39.9. The molecule has 0 aromatic carbocycles. The average Bonchev–Trinajstić information content (AvgIpc) is 2.92. The molecular weight excluding hydrogens is 374 g/mol. The zero-order valence-corrected chi connectivity index (χ0v) is 17.8. The van der Waals surface area contributed by atoms with Gasteiger partial charge in [-0.15, -0.1) is 0 Å². The van der Waals surface area contributed by atoms with E-state index in [1.54, 1.807) is 15.9 Å². The summed E-state index contributed by atoms with van der Waals surface area (Å²) in [6, 6.07) is 1.73. The van der Waals surface area contributed by atoms with Crippen LogP contribution in [-0.2, 0) is 9.47 Å². The van der Waals surface area contributed by atoms with Crippen molar-refractivity contribution in [1.29, 1.82) is 0 Å². The number of ether oxygens (including phenoxy) is 2. The zero-order chi connectivity index (χ0) is 21.0. The third-order valence-electron chi connectivity index (χ3n) is 4.79. The van der Waals surface area contributed by atoms with Crippen molar-refractivity contribution >= 4 is 17.9 Å². The van der Waals surface area contributed by atoms with Crippen LogP contribution in [0, 0.1) is 6.92 Å². The van der Waals surface area contributed by atoms with Crippen molar-refractivity contribution in [1.82, 2.24) is 19.8 Å². The zero-order valence-electron chi connectivity index (χ0n) is 17.8. The maximum absolute atomic E-state index is 13.1. The highest BCUT2D eigenvalue weighted by atomic mass is 16.6. The minimum absolute atomic E-state index is 0.129. The summed E-state index contributed by atoms with van der Waals surface area (Å²) in [5.41, 5.74) is 0.618. The second-order valence-corrected chi connectivity index (χ2v) is 8.41. The van der Waals surface area contributed by atoms with Gasteiger partial charge in [-0.05, 0) is 40.2 Å². The van der Waals surface area contributed by atoms with E-state index < -0.39 is 5.60 Å². The number of amides is 2. The number of aromatic nitrogens is 2. The summed E-state index contributed by atoms with van der Waals surface area (Å²) >= 11 is 0. The van der Waals surface area contributed by atoms with E-state index in [1.807, 2.05) is 32.6 Å². The molecule has 2 aliphatic rings. The molecule has 0 spiro atoms. The van der Waals surface area contributed by atoms with Gasteiger partial charge in [-0.1, -0.05) is 0 Å². The Labute approximate surface area is 172 Å². The number of hydrogen-bond donors (Lipinski definition) is 0. The van der Waals surface area contributed by atoms with Crippen LogP contribution in [0.25, 0.3) is 0 Å². The molecule has 29 heavy (non-hydrogen) atoms. The summed E-state index contributed by atoms with van der Waals surface area (Å²) < 4.78 is 10.8. The van der Waals surface area contributed by atoms with E-state index in [0.29, 0.717) is 70.5 Å². The fourth-order valence-corrected chi connectivity index (χ4v) is 3.36. The first kappa shape index (κ1) is 21.3. The minimum Gasteiger partial charge on any atom is -0.444 e. The van der Waals surface area contributed by atoms with E-state index in [-0.39, 0.29) is 12.0 Å². The molecule has 0 saturated carbocycles. The summed E-state index contributed by atoms with van der Waals surface area (Å²) in [7, 11) is 0. The molecule has 0 aliphatic carbocycles. The molecule has 160 valence electrons. The minimum atomic E-state index is -0.534. The van der Waals surface area contributed by atoms with E-state index >= 15 is 0 Å². The highest BCUT2D eigenvalue weighted by Gasteiger charge is 2.27. The first-order valence-corrected chi connectivity index (χ1v) is 10.2. The number of morpholine rings is 1. The average molecular weight is 405 g/mol. The van der Waals surface area contributed by atoms with E-state index in [0.717, 1.165) is 5.69 Å². The quantitative estimate of drug-likeness (QED) is 0.740. The predicted octanol–water partition coefficient (Wildman–Crippen LogP) is 1.70. The number of aryl methyl sites for hydroxylation is 1. The summed E-state index contributed by atoms with van der Waals surface area (Å²) in [6.07, 6.45) is 0.366. The molecule has 1 aromatic heterocycles. The van der Waals surface area contributed by atoms with Gasteiger partial charge in [0.2, 0.25) is 5.95 Å². The van der Waals surface area contributed by atoms with Crippen LogP contribution in [0.5, 0.6) is 0 Å². The van der Waals surface area contributed by atoms with Crippen LogP contribution in [0.4, 0.5) is 10.7 Å². The van der Waals surface area contributed by atoms with Crippen LogP contribution < -0.4 is 4.90 Å². The smallest absolute Gasteiger partial charge is 0.410 e. The molecule has 0 unspecified atom stereocenters. The molecule has 2 saturated heterocycles. The third kappa shape index (κ3) is 5.79. The van der Waals surface area contributed by atoms with Gasteiger partial charge in [0, 0.05) is 45.0 Å². The van der Waals surface area contributed by atoms with Gasteiger partial charge in [0.15, 0.2) is 0 Å². The second kappa shape index (κ2) is 8.94. The Morgan fingerprint density at radius 3 is 2.34 bits per heavy atom. The van der Waals surface area contributed by atoms with Gasteiger partial charge >= 0.3 is 6.09 Å². The fraction of sp³-hybridized carbons (Fsp3) is 0.700. The Morgan fingerprint density at radius 1 is 1.00 bits per heavy atom. The van der Waals surface area contributed by atoms with Crippen LogP contribution in [0.2, 0.25) is 0 Å². The van der Waals surface area contributed by atoms with Crippen LogP contribution in [0.1, 0.15) is 43.4 Å². The molecule has 2 fully saturated rings. The summed E-state index contributed by atoms with van der Waals surface area (Å²) in [5.74, 6) is 0.443. The summed E-state index contributed by atoms with van der Waals surface area (Å²) in [6.45, 7) is 12.2. The van der Waals surface area contributed by atoms with Gasteiger partial charge in [-0.25, -0.2) is 14.8 Å². The Kier molecular flexibility index (Phi) is 6.56. The van der Waals surface area contributed by atoms with Crippen LogP contribution >= 0.6 is 0 Å². The fourth-order valence-electron chi connectivity index (χ4n) is 3.36. The molecule has 9 heteroatoms. The number of hydrogen-bond acceptors (Lipinski definition) is 7. The molecule has 3 rings (SSSR count). The van der Waals surface area contributed by atoms with E-state index in [1.165, 1.54) is 0 Å². The molecule has 0 radical (unpaired) electrons. The SMILES string of the molecule is Cc1cc(C(=O)N2CCCN(C(=O)OC(C)(C)C)CC2)nc(N2CCOCC2)n1. The van der Waals surface area contributed by atoms with Crippen molar-refractivity contribution < 1.29 is 19.1 Å². The first-order chi connectivity index (χ1) is 13.7. The molecule has 9 nitrogen and oxygen atoms in total. The normalized spacial score (nSPS) is 18.4. The summed E-state index contributed by atoms with van der Waals surface area (Å²) in [5, 5.41) is 0. The number of rotatable bonds is 2. The van der Waals surface area contributed by atoms with Gasteiger partial charge in [0.1, 0.15) is 11.3 Å². The lowest BCUT2D eigenvalue weighted by molar-refractivity contribution is 0.0255. The second-order valence-electron chi connectivity index (χ2n) is 8.41. The molecule has 1 aromatic rings. The van der Waals surface area contributed by atoms with Crippen LogP contribution in [0.15, 0.2) is 6.07 Å². The standard InChI is InChI=1S/C20H31N5O4/c1-15-14-16(22-18(21-15)24-10-12-28-13-11-24)17(26)23-6-5-7-25(9-8-23)19(27)29-20(2,3)4/h14H,5-13H2,1-4H3. The lowest BCUT2D eigenvalue weighted by atomic mass is 10.2. The molecule has 0 N–H and O–H groups in total. The van der Waals surface area contributed by atoms with Crippen LogP contribution in [0.3, 0.4) is 0 Å². The van der Waals surface area contributed by atoms with Crippen LogP contribution in [-0.4, -0.2) is 89.9 Å². The van der Waals surface area contributed by atoms with Gasteiger partial charge in [0.05, 0.1) is 13.2 Å². The van der Waals surface area contributed by atoms with Gasteiger partial charge < -0.3 is 24.2 Å². The molecule has 2 aliphatic heterocycles. The van der Waals surface area contributed by atoms with Gasteiger partial charge in [0.25, 0.3) is 5.91 Å². The van der Waals surface area contributed by atoms with Crippen molar-refractivity contribution in [3.8, 4) is 0 Å². The molecular formula is C20H31N5O4. The maximum atomic E-state index is 13.1. The number of anilines is 1. The lowest BCUT2D eigenvalue weighted by Gasteiger charge is -2.28. The first-order valence-electron chi connectivity index (χ1n) is 10.2. The Balaban J connectivity index is 1.67. The highest BCUT2D eigenvalue weighted by molar-refractivity contribution is 5.92. The third-order valence-corrected chi connectivity index (χ3v) is 4.79. The van der Waals surface area contributed by atoms with Crippen molar-refractivity contribution in [3.63, 3.8) is 0 Å². The largest absolute Gasteiger partial charge is 0.444 e. The van der Waals surface area contributed by atoms with Gasteiger partial charge in [-0.3, -0.25) is 4.79 Å². The maximum Gasteiger partial charge on any atom is 0.410 e. The van der Waals surface area contributed by atoms with E-state index in [4.69, 9.17) is 9.47 Å². The van der Waals surface area contributed by atoms with Crippen molar-refractivity contribution in [2.24, 2.45) is 0 Å². The lowest BCUT2D eigenvalue weighted by Crippen LogP contribution is -2.40. The monoisotopic (exact) mass is 405 g/mol. The number of carbonyl (C=O) groups is 2. The molecule has 3 heterocycles. The van der Waals surface area contributed by atoms with Crippen molar-refractivity contribution in [3.05, 3.63) is 17.5 Å². The van der Waals surface area contributed by atoms with Gasteiger partial charge in [-0.2, -0.15) is 0 Å². The molecule has 0 atom stereocenters. The predicted molar refractivity (Wildman–Crippen MR) is 108 cm³/mol. The topological polar surface area (TPSA) is 88.1 Å². The van der Waals surface area contributed by atoms with Crippen molar-refractivity contribution in [2.45, 2.75) is 39.7 Å².